The lowest BCUT2D eigenvalue weighted by Gasteiger charge is -2.24. The van der Waals surface area contributed by atoms with E-state index in [0.717, 1.165) is 46.7 Å². The van der Waals surface area contributed by atoms with Gasteiger partial charge in [0.1, 0.15) is 5.76 Å². The van der Waals surface area contributed by atoms with Crippen LogP contribution < -0.4 is 0 Å². The average molecular weight is 398 g/mol. The largest absolute Gasteiger partial charge is 0.361 e. The fraction of sp³-hybridized carbons (Fsp3) is 0.333. The first-order valence-corrected chi connectivity index (χ1v) is 11.0. The highest BCUT2D eigenvalue weighted by Gasteiger charge is 2.35. The number of aryl methyl sites for hydroxylation is 2. The molecule has 7 heteroatoms. The van der Waals surface area contributed by atoms with Gasteiger partial charge in [0.2, 0.25) is 10.0 Å². The minimum absolute atomic E-state index is 0.0154. The summed E-state index contributed by atoms with van der Waals surface area (Å²) >= 11 is 0. The number of pyridine rings is 1. The van der Waals surface area contributed by atoms with Gasteiger partial charge in [-0.15, -0.1) is 0 Å². The summed E-state index contributed by atoms with van der Waals surface area (Å²) in [7, 11) is -3.41. The van der Waals surface area contributed by atoms with Crippen molar-refractivity contribution in [1.82, 2.24) is 14.4 Å². The Hall–Kier alpha value is -2.51. The maximum absolute atomic E-state index is 13.0. The number of sulfonamides is 1. The summed E-state index contributed by atoms with van der Waals surface area (Å²) in [6.07, 6.45) is 3.40. The second-order valence-electron chi connectivity index (χ2n) is 7.18. The third-order valence-corrected chi connectivity index (χ3v) is 7.05. The third kappa shape index (κ3) is 3.59. The minimum atomic E-state index is -3.41. The van der Waals surface area contributed by atoms with Gasteiger partial charge in [-0.3, -0.25) is 4.98 Å². The first-order chi connectivity index (χ1) is 13.5. The maximum atomic E-state index is 13.0. The van der Waals surface area contributed by atoms with E-state index in [2.05, 4.69) is 10.1 Å². The van der Waals surface area contributed by atoms with Crippen molar-refractivity contribution in [3.63, 3.8) is 0 Å². The molecule has 6 nitrogen and oxygen atoms in total. The smallest absolute Gasteiger partial charge is 0.218 e. The topological polar surface area (TPSA) is 76.3 Å². The second kappa shape index (κ2) is 7.48. The van der Waals surface area contributed by atoms with Gasteiger partial charge in [0.15, 0.2) is 0 Å². The first-order valence-electron chi connectivity index (χ1n) is 9.38. The summed E-state index contributed by atoms with van der Waals surface area (Å²) in [5, 5.41) is 3.99. The van der Waals surface area contributed by atoms with Gasteiger partial charge in [-0.1, -0.05) is 41.6 Å². The predicted octanol–water partition coefficient (Wildman–Crippen LogP) is 4.02. The fourth-order valence-electron chi connectivity index (χ4n) is 3.88. The predicted molar refractivity (Wildman–Crippen MR) is 107 cm³/mol. The summed E-state index contributed by atoms with van der Waals surface area (Å²) in [4.78, 5) is 4.59. The van der Waals surface area contributed by atoms with Crippen molar-refractivity contribution in [2.24, 2.45) is 0 Å². The minimum Gasteiger partial charge on any atom is -0.361 e. The molecule has 1 aliphatic rings. The molecule has 0 saturated carbocycles. The third-order valence-electron chi connectivity index (χ3n) is 5.20. The number of nitrogens with zero attached hydrogens (tertiary/aromatic N) is 3. The van der Waals surface area contributed by atoms with Crippen molar-refractivity contribution < 1.29 is 12.9 Å². The second-order valence-corrected chi connectivity index (χ2v) is 9.10. The first kappa shape index (κ1) is 18.8. The molecule has 1 saturated heterocycles. The van der Waals surface area contributed by atoms with E-state index in [0.29, 0.717) is 6.54 Å². The molecule has 0 amide bonds. The number of hydrogen-bond donors (Lipinski definition) is 0. The average Bonchev–Trinajstić information content (AvgIpc) is 3.30. The number of rotatable bonds is 5. The zero-order valence-corrected chi connectivity index (χ0v) is 16.8. The van der Waals surface area contributed by atoms with Crippen molar-refractivity contribution in [3.8, 4) is 11.1 Å². The van der Waals surface area contributed by atoms with Crippen molar-refractivity contribution in [2.75, 3.05) is 6.54 Å². The van der Waals surface area contributed by atoms with Gasteiger partial charge in [-0.05, 0) is 38.3 Å². The maximum Gasteiger partial charge on any atom is 0.218 e. The van der Waals surface area contributed by atoms with Gasteiger partial charge in [-0.2, -0.15) is 4.31 Å². The summed E-state index contributed by atoms with van der Waals surface area (Å²) in [5.74, 6) is 0.765. The van der Waals surface area contributed by atoms with Gasteiger partial charge in [0.05, 0.1) is 23.2 Å². The molecular weight excluding hydrogens is 374 g/mol. The van der Waals surface area contributed by atoms with E-state index >= 15 is 0 Å². The van der Waals surface area contributed by atoms with Gasteiger partial charge >= 0.3 is 0 Å². The van der Waals surface area contributed by atoms with Gasteiger partial charge < -0.3 is 4.52 Å². The number of benzene rings is 1. The summed E-state index contributed by atoms with van der Waals surface area (Å²) < 4.78 is 32.9. The van der Waals surface area contributed by atoms with E-state index in [1.165, 1.54) is 0 Å². The van der Waals surface area contributed by atoms with Crippen LogP contribution in [0.3, 0.4) is 0 Å². The molecule has 28 heavy (non-hydrogen) atoms. The molecule has 0 bridgehead atoms. The normalized spacial score (nSPS) is 17.9. The molecule has 3 aromatic rings. The number of aromatic nitrogens is 2. The van der Waals surface area contributed by atoms with Crippen LogP contribution in [0.4, 0.5) is 0 Å². The van der Waals surface area contributed by atoms with Crippen LogP contribution in [0.2, 0.25) is 0 Å². The molecule has 1 unspecified atom stereocenters. The molecule has 0 spiro atoms. The lowest BCUT2D eigenvalue weighted by atomic mass is 10.0. The van der Waals surface area contributed by atoms with Crippen LogP contribution in [-0.2, 0) is 15.8 Å². The van der Waals surface area contributed by atoms with Crippen LogP contribution in [-0.4, -0.2) is 29.4 Å². The molecule has 1 atom stereocenters. The molecule has 1 aliphatic heterocycles. The molecule has 1 fully saturated rings. The lowest BCUT2D eigenvalue weighted by molar-refractivity contribution is 0.390. The quantitative estimate of drug-likeness (QED) is 0.650. The van der Waals surface area contributed by atoms with Crippen molar-refractivity contribution in [2.45, 2.75) is 38.5 Å². The van der Waals surface area contributed by atoms with Crippen LogP contribution in [0.15, 0.2) is 53.2 Å². The Bertz CT molecular complexity index is 1040. The van der Waals surface area contributed by atoms with Gasteiger partial charge in [0, 0.05) is 23.9 Å². The van der Waals surface area contributed by atoms with Crippen LogP contribution in [0.1, 0.15) is 41.6 Å². The monoisotopic (exact) mass is 397 g/mol. The van der Waals surface area contributed by atoms with Crippen molar-refractivity contribution >= 4 is 10.0 Å². The molecule has 146 valence electrons. The van der Waals surface area contributed by atoms with Gasteiger partial charge in [-0.25, -0.2) is 8.42 Å². The van der Waals surface area contributed by atoms with E-state index in [1.54, 1.807) is 10.5 Å². The Morgan fingerprint density at radius 3 is 2.57 bits per heavy atom. The Morgan fingerprint density at radius 2 is 1.93 bits per heavy atom. The SMILES string of the molecule is Cc1noc(C)c1-c1ccc(C2CCCN2S(=O)(=O)Cc2ccccc2)nc1. The van der Waals surface area contributed by atoms with E-state index in [4.69, 9.17) is 4.52 Å². The highest BCUT2D eigenvalue weighted by molar-refractivity contribution is 7.88. The van der Waals surface area contributed by atoms with E-state index < -0.39 is 10.0 Å². The standard InChI is InChI=1S/C21H23N3O3S/c1-15-21(16(2)27-23-15)18-10-11-19(22-13-18)20-9-6-12-24(20)28(25,26)14-17-7-4-3-5-8-17/h3-5,7-8,10-11,13,20H,6,9,12,14H2,1-2H3. The fourth-order valence-corrected chi connectivity index (χ4v) is 5.67. The molecule has 2 aromatic heterocycles. The zero-order valence-electron chi connectivity index (χ0n) is 16.0. The molecule has 0 radical (unpaired) electrons. The number of hydrogen-bond acceptors (Lipinski definition) is 5. The van der Waals surface area contributed by atoms with E-state index in [9.17, 15) is 8.42 Å². The zero-order chi connectivity index (χ0) is 19.7. The summed E-state index contributed by atoms with van der Waals surface area (Å²) in [5.41, 5.74) is 4.27. The highest BCUT2D eigenvalue weighted by Crippen LogP contribution is 2.35. The Morgan fingerprint density at radius 1 is 1.14 bits per heavy atom. The summed E-state index contributed by atoms with van der Waals surface area (Å²) in [6.45, 7) is 4.31. The lowest BCUT2D eigenvalue weighted by Crippen LogP contribution is -2.32. The van der Waals surface area contributed by atoms with Crippen LogP contribution in [0, 0.1) is 13.8 Å². The van der Waals surface area contributed by atoms with Crippen LogP contribution in [0.5, 0.6) is 0 Å². The van der Waals surface area contributed by atoms with E-state index in [1.807, 2.05) is 56.3 Å². The summed E-state index contributed by atoms with van der Waals surface area (Å²) in [6, 6.07) is 13.0. The van der Waals surface area contributed by atoms with E-state index in [-0.39, 0.29) is 11.8 Å². The molecule has 0 N–H and O–H groups in total. The molecule has 4 rings (SSSR count). The Labute approximate surface area is 165 Å². The van der Waals surface area contributed by atoms with Crippen LogP contribution >= 0.6 is 0 Å². The highest BCUT2D eigenvalue weighted by atomic mass is 32.2. The van der Waals surface area contributed by atoms with Crippen molar-refractivity contribution in [1.29, 1.82) is 0 Å². The molecule has 1 aromatic carbocycles. The molecule has 0 aliphatic carbocycles. The van der Waals surface area contributed by atoms with Gasteiger partial charge in [0.25, 0.3) is 0 Å². The van der Waals surface area contributed by atoms with Crippen molar-refractivity contribution in [3.05, 3.63) is 71.4 Å². The molecular formula is C21H23N3O3S. The van der Waals surface area contributed by atoms with Crippen LogP contribution in [0.25, 0.3) is 11.1 Å². The molecule has 3 heterocycles. The Balaban J connectivity index is 1.58. The Kier molecular flexibility index (Phi) is 5.03.